The van der Waals surface area contributed by atoms with Gasteiger partial charge in [-0.2, -0.15) is 4.98 Å². The van der Waals surface area contributed by atoms with Crippen LogP contribution in [0.15, 0.2) is 22.0 Å². The van der Waals surface area contributed by atoms with E-state index < -0.39 is 5.91 Å². The Morgan fingerprint density at radius 3 is 3.21 bits per heavy atom. The smallest absolute Gasteiger partial charge is 0.290 e. The second kappa shape index (κ2) is 5.10. The molecule has 0 aliphatic carbocycles. The predicted octanol–water partition coefficient (Wildman–Crippen LogP) is 1.57. The number of hydrogen-bond donors (Lipinski definition) is 1. The Morgan fingerprint density at radius 2 is 2.53 bits per heavy atom. The van der Waals surface area contributed by atoms with E-state index in [-0.39, 0.29) is 11.9 Å². The molecule has 100 valence electrons. The van der Waals surface area contributed by atoms with Crippen LogP contribution < -0.4 is 5.73 Å². The third-order valence-corrected chi connectivity index (χ3v) is 4.11. The number of primary amides is 1. The van der Waals surface area contributed by atoms with Gasteiger partial charge in [-0.25, -0.2) is 0 Å². The van der Waals surface area contributed by atoms with Gasteiger partial charge in [0.1, 0.15) is 0 Å². The molecule has 1 aliphatic heterocycles. The van der Waals surface area contributed by atoms with Crippen LogP contribution in [0, 0.1) is 0 Å². The summed E-state index contributed by atoms with van der Waals surface area (Å²) in [7, 11) is 0. The van der Waals surface area contributed by atoms with Crippen molar-refractivity contribution in [1.29, 1.82) is 0 Å². The average molecular weight is 278 g/mol. The van der Waals surface area contributed by atoms with E-state index in [1.807, 2.05) is 6.07 Å². The van der Waals surface area contributed by atoms with E-state index in [1.165, 1.54) is 4.88 Å². The molecule has 3 rings (SSSR count). The molecule has 6 nitrogen and oxygen atoms in total. The molecule has 1 atom stereocenters. The van der Waals surface area contributed by atoms with Gasteiger partial charge in [-0.1, -0.05) is 11.2 Å². The first kappa shape index (κ1) is 12.3. The molecule has 0 saturated carbocycles. The number of likely N-dealkylation sites (tertiary alicyclic amines) is 1. The third-order valence-electron chi connectivity index (χ3n) is 3.25. The standard InChI is InChI=1S/C12H14N4O2S/c13-10(17)11-14-12(18-15-11)9-4-1-5-16(9)7-8-3-2-6-19-8/h2-3,6,9H,1,4-5,7H2,(H2,13,17)/t9-/m0/s1. The molecule has 19 heavy (non-hydrogen) atoms. The molecule has 0 unspecified atom stereocenters. The van der Waals surface area contributed by atoms with Crippen molar-refractivity contribution >= 4 is 17.2 Å². The highest BCUT2D eigenvalue weighted by molar-refractivity contribution is 7.09. The van der Waals surface area contributed by atoms with E-state index in [0.717, 1.165) is 25.9 Å². The van der Waals surface area contributed by atoms with E-state index >= 15 is 0 Å². The van der Waals surface area contributed by atoms with Crippen LogP contribution in [0.25, 0.3) is 0 Å². The largest absolute Gasteiger partial charge is 0.363 e. The normalized spacial score (nSPS) is 19.9. The van der Waals surface area contributed by atoms with Gasteiger partial charge in [-0.3, -0.25) is 9.69 Å². The Bertz CT molecular complexity index is 566. The lowest BCUT2D eigenvalue weighted by Gasteiger charge is -2.20. The number of aromatic nitrogens is 2. The molecule has 0 spiro atoms. The van der Waals surface area contributed by atoms with Crippen molar-refractivity contribution in [2.45, 2.75) is 25.4 Å². The summed E-state index contributed by atoms with van der Waals surface area (Å²) in [6.45, 7) is 1.87. The van der Waals surface area contributed by atoms with Crippen LogP contribution in [-0.2, 0) is 6.54 Å². The van der Waals surface area contributed by atoms with Crippen molar-refractivity contribution < 1.29 is 9.32 Å². The molecular formula is C12H14N4O2S. The average Bonchev–Trinajstić information content (AvgIpc) is 3.09. The SMILES string of the molecule is NC(=O)c1noc([C@@H]2CCCN2Cc2cccs2)n1. The van der Waals surface area contributed by atoms with E-state index in [2.05, 4.69) is 26.5 Å². The number of carbonyl (C=O) groups excluding carboxylic acids is 1. The number of nitrogens with two attached hydrogens (primary N) is 1. The van der Waals surface area contributed by atoms with Gasteiger partial charge in [0.25, 0.3) is 11.7 Å². The Morgan fingerprint density at radius 1 is 1.63 bits per heavy atom. The van der Waals surface area contributed by atoms with Gasteiger partial charge in [0, 0.05) is 11.4 Å². The molecule has 2 aromatic heterocycles. The van der Waals surface area contributed by atoms with Crippen LogP contribution in [0.3, 0.4) is 0 Å². The monoisotopic (exact) mass is 278 g/mol. The molecule has 7 heteroatoms. The number of amides is 1. The summed E-state index contributed by atoms with van der Waals surface area (Å²) in [6, 6.07) is 4.24. The molecule has 3 heterocycles. The number of carbonyl (C=O) groups is 1. The predicted molar refractivity (Wildman–Crippen MR) is 69.5 cm³/mol. The summed E-state index contributed by atoms with van der Waals surface area (Å²) < 4.78 is 5.16. The maximum atomic E-state index is 11.0. The zero-order chi connectivity index (χ0) is 13.2. The highest BCUT2D eigenvalue weighted by atomic mass is 32.1. The lowest BCUT2D eigenvalue weighted by Crippen LogP contribution is -2.22. The first-order valence-corrected chi connectivity index (χ1v) is 7.02. The molecule has 0 aromatic carbocycles. The fraction of sp³-hybridized carbons (Fsp3) is 0.417. The minimum atomic E-state index is -0.655. The lowest BCUT2D eigenvalue weighted by molar-refractivity contribution is 0.0987. The summed E-state index contributed by atoms with van der Waals surface area (Å²) in [6.07, 6.45) is 2.05. The fourth-order valence-corrected chi connectivity index (χ4v) is 3.10. The van der Waals surface area contributed by atoms with Crippen molar-refractivity contribution in [3.63, 3.8) is 0 Å². The van der Waals surface area contributed by atoms with Gasteiger partial charge in [0.15, 0.2) is 0 Å². The van der Waals surface area contributed by atoms with Crippen molar-refractivity contribution in [3.05, 3.63) is 34.1 Å². The quantitative estimate of drug-likeness (QED) is 0.917. The van der Waals surface area contributed by atoms with Gasteiger partial charge < -0.3 is 10.3 Å². The molecule has 1 aliphatic rings. The molecule has 2 aromatic rings. The summed E-state index contributed by atoms with van der Waals surface area (Å²) in [5.41, 5.74) is 5.13. The van der Waals surface area contributed by atoms with Crippen LogP contribution in [0.1, 0.15) is 40.3 Å². The highest BCUT2D eigenvalue weighted by Gasteiger charge is 2.31. The van der Waals surface area contributed by atoms with Crippen LogP contribution in [0.4, 0.5) is 0 Å². The Balaban J connectivity index is 1.76. The highest BCUT2D eigenvalue weighted by Crippen LogP contribution is 2.32. The lowest BCUT2D eigenvalue weighted by atomic mass is 10.2. The molecule has 0 bridgehead atoms. The number of rotatable bonds is 4. The number of thiophene rings is 1. The molecular weight excluding hydrogens is 264 g/mol. The van der Waals surface area contributed by atoms with Crippen LogP contribution in [0.5, 0.6) is 0 Å². The topological polar surface area (TPSA) is 85.2 Å². The Hall–Kier alpha value is -1.73. The van der Waals surface area contributed by atoms with Gasteiger partial charge in [-0.15, -0.1) is 11.3 Å². The van der Waals surface area contributed by atoms with E-state index in [1.54, 1.807) is 11.3 Å². The van der Waals surface area contributed by atoms with E-state index in [4.69, 9.17) is 10.3 Å². The van der Waals surface area contributed by atoms with Crippen molar-refractivity contribution in [1.82, 2.24) is 15.0 Å². The number of hydrogen-bond acceptors (Lipinski definition) is 6. The third kappa shape index (κ3) is 2.52. The molecule has 2 N–H and O–H groups in total. The zero-order valence-corrected chi connectivity index (χ0v) is 11.1. The minimum absolute atomic E-state index is 0.0435. The van der Waals surface area contributed by atoms with Crippen molar-refractivity contribution in [2.24, 2.45) is 5.73 Å². The van der Waals surface area contributed by atoms with Gasteiger partial charge in [0.2, 0.25) is 5.89 Å². The maximum absolute atomic E-state index is 11.0. The number of nitrogens with zero attached hydrogens (tertiary/aromatic N) is 3. The zero-order valence-electron chi connectivity index (χ0n) is 10.3. The molecule has 1 saturated heterocycles. The second-order valence-corrected chi connectivity index (χ2v) is 5.56. The van der Waals surface area contributed by atoms with E-state index in [9.17, 15) is 4.79 Å². The second-order valence-electron chi connectivity index (χ2n) is 4.53. The fourth-order valence-electron chi connectivity index (χ4n) is 2.37. The summed E-state index contributed by atoms with van der Waals surface area (Å²) in [5, 5.41) is 5.67. The summed E-state index contributed by atoms with van der Waals surface area (Å²) in [5.74, 6) is -0.210. The van der Waals surface area contributed by atoms with E-state index in [0.29, 0.717) is 5.89 Å². The summed E-state index contributed by atoms with van der Waals surface area (Å²) in [4.78, 5) is 18.7. The Labute approximate surface area is 114 Å². The molecule has 1 amide bonds. The first-order valence-electron chi connectivity index (χ1n) is 6.14. The van der Waals surface area contributed by atoms with Crippen LogP contribution in [0.2, 0.25) is 0 Å². The minimum Gasteiger partial charge on any atom is -0.363 e. The summed E-state index contributed by atoms with van der Waals surface area (Å²) >= 11 is 1.73. The first-order chi connectivity index (χ1) is 9.24. The molecule has 0 radical (unpaired) electrons. The van der Waals surface area contributed by atoms with Gasteiger partial charge in [-0.05, 0) is 30.8 Å². The van der Waals surface area contributed by atoms with Gasteiger partial charge >= 0.3 is 0 Å². The van der Waals surface area contributed by atoms with Crippen LogP contribution in [-0.4, -0.2) is 27.5 Å². The van der Waals surface area contributed by atoms with Crippen molar-refractivity contribution in [3.8, 4) is 0 Å². The van der Waals surface area contributed by atoms with Crippen LogP contribution >= 0.6 is 11.3 Å². The maximum Gasteiger partial charge on any atom is 0.290 e. The van der Waals surface area contributed by atoms with Crippen molar-refractivity contribution in [2.75, 3.05) is 6.54 Å². The van der Waals surface area contributed by atoms with Gasteiger partial charge in [0.05, 0.1) is 6.04 Å². The Kier molecular flexibility index (Phi) is 3.31. The molecule has 1 fully saturated rings.